The van der Waals surface area contributed by atoms with Gasteiger partial charge < -0.3 is 4.48 Å². The quantitative estimate of drug-likeness (QED) is 0.224. The number of alkyl halides is 1. The average Bonchev–Trinajstić information content (AvgIpc) is 2.26. The molecule has 0 aromatic carbocycles. The van der Waals surface area contributed by atoms with Crippen molar-refractivity contribution >= 4 is 22.6 Å². The highest BCUT2D eigenvalue weighted by Crippen LogP contribution is 2.27. The third-order valence-electron chi connectivity index (χ3n) is 3.92. The fourth-order valence-corrected chi connectivity index (χ4v) is 3.59. The minimum atomic E-state index is 0.810. The number of hydrogen-bond acceptors (Lipinski definition) is 0. The summed E-state index contributed by atoms with van der Waals surface area (Å²) in [4.78, 5) is 0. The van der Waals surface area contributed by atoms with Gasteiger partial charge in [-0.3, -0.25) is 0 Å². The number of nitrogens with zero attached hydrogens (tertiary/aromatic N) is 1. The van der Waals surface area contributed by atoms with Crippen LogP contribution in [0.15, 0.2) is 0 Å². The molecule has 1 heterocycles. The fourth-order valence-electron chi connectivity index (χ4n) is 2.75. The summed E-state index contributed by atoms with van der Waals surface area (Å²) in [6, 6.07) is 0. The summed E-state index contributed by atoms with van der Waals surface area (Å²) in [5.74, 6) is 0. The van der Waals surface area contributed by atoms with Crippen molar-refractivity contribution in [2.45, 2.75) is 62.8 Å². The maximum atomic E-state index is 2.65. The summed E-state index contributed by atoms with van der Waals surface area (Å²) >= 11 is 2.65. The number of halogens is 1. The van der Waals surface area contributed by atoms with Gasteiger partial charge in [-0.25, -0.2) is 0 Å². The molecule has 2 heteroatoms. The Kier molecular flexibility index (Phi) is 6.51. The summed E-state index contributed by atoms with van der Waals surface area (Å²) < 4.78 is 2.22. The molecule has 0 amide bonds. The maximum absolute atomic E-state index is 2.65. The van der Waals surface area contributed by atoms with Gasteiger partial charge in [-0.2, -0.15) is 0 Å². The van der Waals surface area contributed by atoms with Gasteiger partial charge in [0.05, 0.1) is 19.6 Å². The Labute approximate surface area is 109 Å². The van der Waals surface area contributed by atoms with Crippen LogP contribution in [0.2, 0.25) is 0 Å². The molecule has 0 spiro atoms. The molecule has 1 atom stereocenters. The summed E-state index contributed by atoms with van der Waals surface area (Å²) in [5, 5.41) is 0. The van der Waals surface area contributed by atoms with E-state index in [0.717, 1.165) is 4.05 Å². The number of piperidine rings is 1. The zero-order valence-electron chi connectivity index (χ0n) is 10.5. The molecule has 0 radical (unpaired) electrons. The van der Waals surface area contributed by atoms with Crippen molar-refractivity contribution in [2.24, 2.45) is 0 Å². The number of rotatable bonds is 6. The number of hydrogen-bond donors (Lipinski definition) is 0. The van der Waals surface area contributed by atoms with Gasteiger partial charge in [0.25, 0.3) is 0 Å². The molecule has 0 aromatic heterocycles. The van der Waals surface area contributed by atoms with E-state index in [1.165, 1.54) is 69.1 Å². The molecule has 90 valence electrons. The summed E-state index contributed by atoms with van der Waals surface area (Å²) in [6.45, 7) is 9.02. The second-order valence-electron chi connectivity index (χ2n) is 5.08. The number of unbranched alkanes of at least 4 members (excludes halogenated alkanes) is 3. The van der Waals surface area contributed by atoms with E-state index in [1.54, 1.807) is 0 Å². The predicted octanol–water partition coefficient (Wildman–Crippen LogP) is 4.35. The molecule has 1 unspecified atom stereocenters. The first-order valence-electron chi connectivity index (χ1n) is 6.71. The Balaban J connectivity index is 2.35. The topological polar surface area (TPSA) is 0 Å². The molecule has 1 fully saturated rings. The van der Waals surface area contributed by atoms with Crippen LogP contribution in [-0.4, -0.2) is 28.2 Å². The first-order chi connectivity index (χ1) is 7.21. The van der Waals surface area contributed by atoms with Crippen LogP contribution >= 0.6 is 22.6 Å². The van der Waals surface area contributed by atoms with Crippen LogP contribution in [0.3, 0.4) is 0 Å². The Morgan fingerprint density at radius 3 is 2.27 bits per heavy atom. The largest absolute Gasteiger partial charge is 0.313 e. The van der Waals surface area contributed by atoms with Crippen LogP contribution in [0.4, 0.5) is 0 Å². The molecule has 1 aliphatic heterocycles. The van der Waals surface area contributed by atoms with Crippen molar-refractivity contribution in [1.29, 1.82) is 0 Å². The highest BCUT2D eigenvalue weighted by Gasteiger charge is 2.33. The van der Waals surface area contributed by atoms with Crippen molar-refractivity contribution in [3.05, 3.63) is 0 Å². The summed E-state index contributed by atoms with van der Waals surface area (Å²) in [7, 11) is 0. The monoisotopic (exact) mass is 324 g/mol. The smallest absolute Gasteiger partial charge is 0.136 e. The Morgan fingerprint density at radius 2 is 1.73 bits per heavy atom. The van der Waals surface area contributed by atoms with Crippen LogP contribution in [0.5, 0.6) is 0 Å². The minimum absolute atomic E-state index is 0.810. The zero-order chi connectivity index (χ0) is 11.1. The van der Waals surface area contributed by atoms with E-state index in [1.807, 2.05) is 0 Å². The molecule has 0 aromatic rings. The average molecular weight is 324 g/mol. The van der Waals surface area contributed by atoms with E-state index < -0.39 is 0 Å². The van der Waals surface area contributed by atoms with Gasteiger partial charge in [0, 0.05) is 0 Å². The molecular weight excluding hydrogens is 297 g/mol. The van der Waals surface area contributed by atoms with Gasteiger partial charge in [-0.05, 0) is 61.6 Å². The highest BCUT2D eigenvalue weighted by molar-refractivity contribution is 14.1. The second-order valence-corrected chi connectivity index (χ2v) is 6.89. The van der Waals surface area contributed by atoms with Gasteiger partial charge in [0.1, 0.15) is 4.05 Å². The van der Waals surface area contributed by atoms with Gasteiger partial charge in [-0.1, -0.05) is 19.8 Å². The maximum Gasteiger partial charge on any atom is 0.136 e. The first kappa shape index (κ1) is 13.8. The van der Waals surface area contributed by atoms with Crippen LogP contribution in [0, 0.1) is 0 Å². The van der Waals surface area contributed by atoms with Crippen molar-refractivity contribution < 1.29 is 4.48 Å². The molecule has 1 nitrogen and oxygen atoms in total. The third kappa shape index (κ3) is 4.22. The fraction of sp³-hybridized carbons (Fsp3) is 1.00. The standard InChI is InChI=1S/C13H27IN/c1-3-4-5-7-10-15(13(2)14)11-8-6-9-12-15/h13H,3-12H2,1-2H3/q+1. The molecule has 0 aliphatic carbocycles. The highest BCUT2D eigenvalue weighted by atomic mass is 127. The minimum Gasteiger partial charge on any atom is -0.313 e. The SMILES string of the molecule is CCCCCC[N+]1(C(C)I)CCCCC1. The van der Waals surface area contributed by atoms with Gasteiger partial charge >= 0.3 is 0 Å². The molecule has 0 N–H and O–H groups in total. The van der Waals surface area contributed by atoms with E-state index >= 15 is 0 Å². The Hall–Kier alpha value is 0.690. The van der Waals surface area contributed by atoms with Crippen molar-refractivity contribution in [2.75, 3.05) is 19.6 Å². The lowest BCUT2D eigenvalue weighted by atomic mass is 10.1. The van der Waals surface area contributed by atoms with Gasteiger partial charge in [-0.15, -0.1) is 0 Å². The summed E-state index contributed by atoms with van der Waals surface area (Å²) in [5.41, 5.74) is 0. The van der Waals surface area contributed by atoms with E-state index in [-0.39, 0.29) is 0 Å². The lowest BCUT2D eigenvalue weighted by Gasteiger charge is -2.44. The second kappa shape index (κ2) is 7.10. The van der Waals surface area contributed by atoms with Crippen LogP contribution in [-0.2, 0) is 0 Å². The molecule has 1 rings (SSSR count). The summed E-state index contributed by atoms with van der Waals surface area (Å²) in [6.07, 6.45) is 10.1. The molecule has 1 aliphatic rings. The Bertz CT molecular complexity index is 162. The van der Waals surface area contributed by atoms with E-state index in [0.29, 0.717) is 0 Å². The first-order valence-corrected chi connectivity index (χ1v) is 7.96. The molecule has 15 heavy (non-hydrogen) atoms. The third-order valence-corrected chi connectivity index (χ3v) is 5.10. The Morgan fingerprint density at radius 1 is 1.07 bits per heavy atom. The van der Waals surface area contributed by atoms with Crippen LogP contribution in [0.1, 0.15) is 58.8 Å². The normalized spacial score (nSPS) is 22.6. The van der Waals surface area contributed by atoms with Crippen LogP contribution in [0.25, 0.3) is 0 Å². The molecule has 1 saturated heterocycles. The van der Waals surface area contributed by atoms with E-state index in [9.17, 15) is 0 Å². The number of quaternary nitrogens is 1. The van der Waals surface area contributed by atoms with Crippen molar-refractivity contribution in [3.63, 3.8) is 0 Å². The lowest BCUT2D eigenvalue weighted by Crippen LogP contribution is -2.55. The zero-order valence-corrected chi connectivity index (χ0v) is 12.6. The van der Waals surface area contributed by atoms with Crippen molar-refractivity contribution in [3.8, 4) is 0 Å². The molecule has 0 bridgehead atoms. The van der Waals surface area contributed by atoms with E-state index in [2.05, 4.69) is 36.4 Å². The van der Waals surface area contributed by atoms with E-state index in [4.69, 9.17) is 0 Å². The van der Waals surface area contributed by atoms with Crippen molar-refractivity contribution in [1.82, 2.24) is 0 Å². The van der Waals surface area contributed by atoms with Crippen LogP contribution < -0.4 is 0 Å². The predicted molar refractivity (Wildman–Crippen MR) is 76.3 cm³/mol. The molecule has 0 saturated carbocycles. The molecular formula is C13H27IN+. The lowest BCUT2D eigenvalue weighted by molar-refractivity contribution is -0.936. The number of likely N-dealkylation sites (tertiary alicyclic amines) is 1. The van der Waals surface area contributed by atoms with Gasteiger partial charge in [0.2, 0.25) is 0 Å². The van der Waals surface area contributed by atoms with Gasteiger partial charge in [0.15, 0.2) is 0 Å².